The molecule has 16 heavy (non-hydrogen) atoms. The summed E-state index contributed by atoms with van der Waals surface area (Å²) in [6.07, 6.45) is 0. The number of Topliss-reactive ketones (excluding diaryl/α,β-unsaturated/α-hetero) is 1. The number of hydrogen-bond acceptors (Lipinski definition) is 2. The van der Waals surface area contributed by atoms with Gasteiger partial charge in [0.1, 0.15) is 0 Å². The van der Waals surface area contributed by atoms with Crippen LogP contribution in [0.25, 0.3) is 10.4 Å². The monoisotopic (exact) mass is 250 g/mol. The third kappa shape index (κ3) is 2.18. The molecule has 0 bridgehead atoms. The average Bonchev–Trinajstić information content (AvgIpc) is 2.66. The highest BCUT2D eigenvalue weighted by atomic mass is 35.5. The number of thiophene rings is 1. The lowest BCUT2D eigenvalue weighted by atomic mass is 10.1. The normalized spacial score (nSPS) is 10.4. The number of hydrogen-bond donors (Lipinski definition) is 0. The first-order valence-corrected chi connectivity index (χ1v) is 6.14. The van der Waals surface area contributed by atoms with Gasteiger partial charge in [0, 0.05) is 15.5 Å². The maximum atomic E-state index is 11.2. The van der Waals surface area contributed by atoms with Crippen LogP contribution in [0.4, 0.5) is 0 Å². The van der Waals surface area contributed by atoms with Crippen LogP contribution in [0.15, 0.2) is 30.3 Å². The second-order valence-corrected chi connectivity index (χ2v) is 5.19. The summed E-state index contributed by atoms with van der Waals surface area (Å²) in [6, 6.07) is 9.74. The van der Waals surface area contributed by atoms with Crippen LogP contribution >= 0.6 is 22.9 Å². The zero-order valence-corrected chi connectivity index (χ0v) is 10.7. The zero-order chi connectivity index (χ0) is 11.7. The fourth-order valence-corrected chi connectivity index (χ4v) is 2.83. The van der Waals surface area contributed by atoms with Gasteiger partial charge in [-0.2, -0.15) is 0 Å². The highest BCUT2D eigenvalue weighted by molar-refractivity contribution is 7.17. The van der Waals surface area contributed by atoms with Gasteiger partial charge in [-0.15, -0.1) is 11.3 Å². The van der Waals surface area contributed by atoms with Gasteiger partial charge < -0.3 is 0 Å². The number of ketones is 1. The van der Waals surface area contributed by atoms with E-state index in [1.165, 1.54) is 11.3 Å². The Morgan fingerprint density at radius 2 is 2.00 bits per heavy atom. The van der Waals surface area contributed by atoms with Crippen molar-refractivity contribution in [3.05, 3.63) is 45.8 Å². The van der Waals surface area contributed by atoms with E-state index in [1.54, 1.807) is 6.92 Å². The molecule has 3 heteroatoms. The molecular formula is C13H11ClOS. The molecule has 0 atom stereocenters. The summed E-state index contributed by atoms with van der Waals surface area (Å²) >= 11 is 7.65. The van der Waals surface area contributed by atoms with E-state index in [1.807, 2.05) is 37.3 Å². The fraction of sp³-hybridized carbons (Fsp3) is 0.154. The van der Waals surface area contributed by atoms with Gasteiger partial charge in [0.2, 0.25) is 0 Å². The Labute approximate surface area is 104 Å². The van der Waals surface area contributed by atoms with Crippen LogP contribution in [0.2, 0.25) is 5.02 Å². The third-order valence-electron chi connectivity index (χ3n) is 2.34. The molecule has 0 fully saturated rings. The maximum Gasteiger partial charge on any atom is 0.169 e. The van der Waals surface area contributed by atoms with Crippen LogP contribution in [0.1, 0.15) is 22.2 Å². The van der Waals surface area contributed by atoms with Crippen molar-refractivity contribution in [3.63, 3.8) is 0 Å². The van der Waals surface area contributed by atoms with Crippen molar-refractivity contribution in [2.45, 2.75) is 13.8 Å². The van der Waals surface area contributed by atoms with Crippen molar-refractivity contribution in [2.24, 2.45) is 0 Å². The molecule has 1 nitrogen and oxygen atoms in total. The Hall–Kier alpha value is -1.12. The molecule has 0 saturated heterocycles. The number of aryl methyl sites for hydroxylation is 1. The third-order valence-corrected chi connectivity index (χ3v) is 3.88. The molecule has 0 saturated carbocycles. The van der Waals surface area contributed by atoms with E-state index >= 15 is 0 Å². The van der Waals surface area contributed by atoms with Gasteiger partial charge in [-0.05, 0) is 37.6 Å². The Morgan fingerprint density at radius 1 is 1.25 bits per heavy atom. The van der Waals surface area contributed by atoms with E-state index < -0.39 is 0 Å². The molecule has 82 valence electrons. The molecule has 0 radical (unpaired) electrons. The molecular weight excluding hydrogens is 240 g/mol. The molecule has 0 aliphatic carbocycles. The van der Waals surface area contributed by atoms with E-state index in [4.69, 9.17) is 11.6 Å². The average molecular weight is 251 g/mol. The molecule has 0 amide bonds. The van der Waals surface area contributed by atoms with E-state index in [0.29, 0.717) is 0 Å². The molecule has 1 aromatic carbocycles. The van der Waals surface area contributed by atoms with Crippen molar-refractivity contribution < 1.29 is 4.79 Å². The zero-order valence-electron chi connectivity index (χ0n) is 9.08. The first kappa shape index (κ1) is 11.4. The minimum Gasteiger partial charge on any atom is -0.294 e. The fourth-order valence-electron chi connectivity index (χ4n) is 1.49. The van der Waals surface area contributed by atoms with Crippen molar-refractivity contribution in [1.82, 2.24) is 0 Å². The Kier molecular flexibility index (Phi) is 3.13. The highest BCUT2D eigenvalue weighted by Gasteiger charge is 2.08. The lowest BCUT2D eigenvalue weighted by molar-refractivity contribution is 0.102. The minimum absolute atomic E-state index is 0.0967. The van der Waals surface area contributed by atoms with Gasteiger partial charge in [0.25, 0.3) is 0 Å². The first-order valence-electron chi connectivity index (χ1n) is 4.95. The van der Waals surface area contributed by atoms with Crippen molar-refractivity contribution in [2.75, 3.05) is 0 Å². The number of carbonyl (C=O) groups is 1. The first-order chi connectivity index (χ1) is 7.58. The summed E-state index contributed by atoms with van der Waals surface area (Å²) in [5, 5.41) is 0.733. The molecule has 0 aliphatic heterocycles. The quantitative estimate of drug-likeness (QED) is 0.713. The van der Waals surface area contributed by atoms with Gasteiger partial charge in [0.15, 0.2) is 5.78 Å². The summed E-state index contributed by atoms with van der Waals surface area (Å²) in [5.41, 5.74) is 2.13. The van der Waals surface area contributed by atoms with Crippen LogP contribution in [0.3, 0.4) is 0 Å². The van der Waals surface area contributed by atoms with E-state index in [2.05, 4.69) is 0 Å². The van der Waals surface area contributed by atoms with E-state index in [-0.39, 0.29) is 5.78 Å². The Bertz CT molecular complexity index is 543. The lowest BCUT2D eigenvalue weighted by Crippen LogP contribution is -1.83. The van der Waals surface area contributed by atoms with E-state index in [9.17, 15) is 4.79 Å². The standard InChI is InChI=1S/C13H11ClOS/c1-8-3-4-10(11(14)7-8)13-6-5-12(16-13)9(2)15/h3-7H,1-2H3. The van der Waals surface area contributed by atoms with Crippen molar-refractivity contribution in [3.8, 4) is 10.4 Å². The summed E-state index contributed by atoms with van der Waals surface area (Å²) in [5.74, 6) is 0.0967. The van der Waals surface area contributed by atoms with Crippen LogP contribution in [0.5, 0.6) is 0 Å². The lowest BCUT2D eigenvalue weighted by Gasteiger charge is -2.02. The molecule has 0 unspecified atom stereocenters. The Morgan fingerprint density at radius 3 is 2.56 bits per heavy atom. The SMILES string of the molecule is CC(=O)c1ccc(-c2ccc(C)cc2Cl)s1. The molecule has 0 spiro atoms. The largest absolute Gasteiger partial charge is 0.294 e. The molecule has 0 N–H and O–H groups in total. The predicted octanol–water partition coefficient (Wildman–Crippen LogP) is 4.58. The van der Waals surface area contributed by atoms with Crippen LogP contribution < -0.4 is 0 Å². The smallest absolute Gasteiger partial charge is 0.169 e. The molecule has 2 rings (SSSR count). The summed E-state index contributed by atoms with van der Waals surface area (Å²) in [7, 11) is 0. The minimum atomic E-state index is 0.0967. The maximum absolute atomic E-state index is 11.2. The second kappa shape index (κ2) is 4.40. The van der Waals surface area contributed by atoms with Gasteiger partial charge >= 0.3 is 0 Å². The van der Waals surface area contributed by atoms with Gasteiger partial charge in [-0.25, -0.2) is 0 Å². The second-order valence-electron chi connectivity index (χ2n) is 3.70. The van der Waals surface area contributed by atoms with Gasteiger partial charge in [-0.1, -0.05) is 23.7 Å². The molecule has 0 aliphatic rings. The van der Waals surface area contributed by atoms with Crippen LogP contribution in [-0.2, 0) is 0 Å². The molecule has 1 heterocycles. The van der Waals surface area contributed by atoms with Gasteiger partial charge in [0.05, 0.1) is 4.88 Å². The summed E-state index contributed by atoms with van der Waals surface area (Å²) in [6.45, 7) is 3.58. The van der Waals surface area contributed by atoms with Crippen LogP contribution in [0, 0.1) is 6.92 Å². The van der Waals surface area contributed by atoms with E-state index in [0.717, 1.165) is 25.9 Å². The number of carbonyl (C=O) groups excluding carboxylic acids is 1. The topological polar surface area (TPSA) is 17.1 Å². The molecule has 1 aromatic heterocycles. The number of rotatable bonds is 2. The predicted molar refractivity (Wildman–Crippen MR) is 69.5 cm³/mol. The summed E-state index contributed by atoms with van der Waals surface area (Å²) in [4.78, 5) is 13.0. The van der Waals surface area contributed by atoms with Crippen LogP contribution in [-0.4, -0.2) is 5.78 Å². The van der Waals surface area contributed by atoms with Gasteiger partial charge in [-0.3, -0.25) is 4.79 Å². The highest BCUT2D eigenvalue weighted by Crippen LogP contribution is 2.33. The Balaban J connectivity index is 2.46. The number of halogens is 1. The number of benzene rings is 1. The van der Waals surface area contributed by atoms with Crippen molar-refractivity contribution >= 4 is 28.7 Å². The molecule has 2 aromatic rings. The van der Waals surface area contributed by atoms with Crippen molar-refractivity contribution in [1.29, 1.82) is 0 Å². The summed E-state index contributed by atoms with van der Waals surface area (Å²) < 4.78 is 0.